The maximum Gasteiger partial charge on any atom is 0.209 e. The van der Waals surface area contributed by atoms with Crippen molar-refractivity contribution in [3.05, 3.63) is 42.0 Å². The fourth-order valence-electron chi connectivity index (χ4n) is 1.72. The first-order valence-corrected chi connectivity index (χ1v) is 7.38. The molecule has 0 fully saturated rings. The standard InChI is InChI=1S/C13H15NO3S/c1-17-13-6-5-11-7-10(3-4-12(11)8-13)9-14-18(2,15)16/h3-8,14H,9H2,1-2H3. The molecule has 1 N–H and O–H groups in total. The molecule has 0 saturated heterocycles. The maximum atomic E-state index is 11.0. The van der Waals surface area contributed by atoms with Crippen molar-refractivity contribution < 1.29 is 13.2 Å². The number of fused-ring (bicyclic) bond motifs is 1. The first-order valence-electron chi connectivity index (χ1n) is 5.49. The maximum absolute atomic E-state index is 11.0. The molecule has 0 aliphatic heterocycles. The van der Waals surface area contributed by atoms with Crippen LogP contribution in [-0.4, -0.2) is 21.8 Å². The third-order valence-electron chi connectivity index (χ3n) is 2.65. The van der Waals surface area contributed by atoms with Gasteiger partial charge in [0.15, 0.2) is 0 Å². The van der Waals surface area contributed by atoms with Crippen LogP contribution in [0.1, 0.15) is 5.56 Å². The van der Waals surface area contributed by atoms with Gasteiger partial charge < -0.3 is 4.74 Å². The lowest BCUT2D eigenvalue weighted by atomic mass is 10.1. The van der Waals surface area contributed by atoms with Crippen LogP contribution >= 0.6 is 0 Å². The molecule has 0 aromatic heterocycles. The largest absolute Gasteiger partial charge is 0.497 e. The topological polar surface area (TPSA) is 55.4 Å². The summed E-state index contributed by atoms with van der Waals surface area (Å²) in [5, 5.41) is 2.13. The van der Waals surface area contributed by atoms with Crippen LogP contribution in [-0.2, 0) is 16.6 Å². The number of rotatable bonds is 4. The second-order valence-electron chi connectivity index (χ2n) is 4.14. The SMILES string of the molecule is COc1ccc2cc(CNS(C)(=O)=O)ccc2c1. The summed E-state index contributed by atoms with van der Waals surface area (Å²) in [5.74, 6) is 0.810. The van der Waals surface area contributed by atoms with Crippen LogP contribution in [0.4, 0.5) is 0 Å². The molecule has 96 valence electrons. The number of benzene rings is 2. The van der Waals surface area contributed by atoms with E-state index in [1.165, 1.54) is 0 Å². The van der Waals surface area contributed by atoms with Crippen molar-refractivity contribution in [2.24, 2.45) is 0 Å². The lowest BCUT2D eigenvalue weighted by Gasteiger charge is -2.06. The van der Waals surface area contributed by atoms with Crippen molar-refractivity contribution in [1.82, 2.24) is 4.72 Å². The zero-order valence-corrected chi connectivity index (χ0v) is 11.1. The van der Waals surface area contributed by atoms with Gasteiger partial charge in [0.2, 0.25) is 10.0 Å². The van der Waals surface area contributed by atoms with Crippen LogP contribution in [0.25, 0.3) is 10.8 Å². The highest BCUT2D eigenvalue weighted by Gasteiger charge is 2.02. The van der Waals surface area contributed by atoms with Crippen LogP contribution in [0.2, 0.25) is 0 Å². The Morgan fingerprint density at radius 3 is 2.44 bits per heavy atom. The Morgan fingerprint density at radius 2 is 1.78 bits per heavy atom. The van der Waals surface area contributed by atoms with Gasteiger partial charge in [-0.2, -0.15) is 0 Å². The van der Waals surface area contributed by atoms with Gasteiger partial charge in [0.1, 0.15) is 5.75 Å². The summed E-state index contributed by atoms with van der Waals surface area (Å²) in [7, 11) is -1.53. The molecule has 0 bridgehead atoms. The quantitative estimate of drug-likeness (QED) is 0.918. The van der Waals surface area contributed by atoms with Crippen molar-refractivity contribution in [1.29, 1.82) is 0 Å². The number of methoxy groups -OCH3 is 1. The van der Waals surface area contributed by atoms with E-state index in [1.54, 1.807) is 7.11 Å². The van der Waals surface area contributed by atoms with E-state index < -0.39 is 10.0 Å². The highest BCUT2D eigenvalue weighted by Crippen LogP contribution is 2.21. The van der Waals surface area contributed by atoms with Gasteiger partial charge in [-0.1, -0.05) is 18.2 Å². The van der Waals surface area contributed by atoms with Gasteiger partial charge in [-0.15, -0.1) is 0 Å². The summed E-state index contributed by atoms with van der Waals surface area (Å²) in [6.07, 6.45) is 1.15. The van der Waals surface area contributed by atoms with Crippen molar-refractivity contribution >= 4 is 20.8 Å². The molecule has 0 heterocycles. The molecule has 0 radical (unpaired) electrons. The first-order chi connectivity index (χ1) is 8.48. The third kappa shape index (κ3) is 3.21. The van der Waals surface area contributed by atoms with Crippen molar-refractivity contribution in [2.75, 3.05) is 13.4 Å². The van der Waals surface area contributed by atoms with Crippen LogP contribution in [0, 0.1) is 0 Å². The smallest absolute Gasteiger partial charge is 0.209 e. The predicted molar refractivity (Wildman–Crippen MR) is 72.2 cm³/mol. The minimum absolute atomic E-state index is 0.306. The van der Waals surface area contributed by atoms with E-state index in [9.17, 15) is 8.42 Å². The van der Waals surface area contributed by atoms with Gasteiger partial charge in [-0.3, -0.25) is 0 Å². The zero-order chi connectivity index (χ0) is 13.2. The molecule has 4 nitrogen and oxygen atoms in total. The highest BCUT2D eigenvalue weighted by molar-refractivity contribution is 7.88. The number of sulfonamides is 1. The average Bonchev–Trinajstić information content (AvgIpc) is 2.34. The van der Waals surface area contributed by atoms with Crippen LogP contribution in [0.5, 0.6) is 5.75 Å². The molecule has 0 aliphatic carbocycles. The summed E-state index contributed by atoms with van der Waals surface area (Å²) < 4.78 is 29.7. The van der Waals surface area contributed by atoms with E-state index in [0.29, 0.717) is 6.54 Å². The van der Waals surface area contributed by atoms with E-state index in [4.69, 9.17) is 4.74 Å². The Hall–Kier alpha value is -1.59. The number of hydrogen-bond donors (Lipinski definition) is 1. The van der Waals surface area contributed by atoms with E-state index in [1.807, 2.05) is 36.4 Å². The van der Waals surface area contributed by atoms with Gasteiger partial charge in [-0.25, -0.2) is 13.1 Å². The second kappa shape index (κ2) is 4.96. The Bertz CT molecular complexity index is 665. The van der Waals surface area contributed by atoms with Gasteiger partial charge in [0.05, 0.1) is 13.4 Å². The molecule has 2 aromatic rings. The van der Waals surface area contributed by atoms with E-state index in [0.717, 1.165) is 28.3 Å². The Kier molecular flexibility index (Phi) is 3.54. The molecule has 0 saturated carbocycles. The van der Waals surface area contributed by atoms with E-state index in [-0.39, 0.29) is 0 Å². The average molecular weight is 265 g/mol. The van der Waals surface area contributed by atoms with Crippen LogP contribution < -0.4 is 9.46 Å². The third-order valence-corrected chi connectivity index (χ3v) is 3.32. The van der Waals surface area contributed by atoms with Gasteiger partial charge in [-0.05, 0) is 34.5 Å². The van der Waals surface area contributed by atoms with Gasteiger partial charge in [0, 0.05) is 6.54 Å². The van der Waals surface area contributed by atoms with E-state index in [2.05, 4.69) is 4.72 Å². The predicted octanol–water partition coefficient (Wildman–Crippen LogP) is 1.90. The lowest BCUT2D eigenvalue weighted by Crippen LogP contribution is -2.21. The summed E-state index contributed by atoms with van der Waals surface area (Å²) in [6.45, 7) is 0.306. The van der Waals surface area contributed by atoms with Crippen molar-refractivity contribution in [3.8, 4) is 5.75 Å². The second-order valence-corrected chi connectivity index (χ2v) is 5.97. The molecule has 0 aliphatic rings. The van der Waals surface area contributed by atoms with Crippen molar-refractivity contribution in [3.63, 3.8) is 0 Å². The molecular weight excluding hydrogens is 250 g/mol. The first kappa shape index (κ1) is 12.9. The molecule has 0 unspecified atom stereocenters. The molecule has 0 atom stereocenters. The van der Waals surface area contributed by atoms with Gasteiger partial charge in [0.25, 0.3) is 0 Å². The minimum atomic E-state index is -3.16. The minimum Gasteiger partial charge on any atom is -0.497 e. The highest BCUT2D eigenvalue weighted by atomic mass is 32.2. The fraction of sp³-hybridized carbons (Fsp3) is 0.231. The Labute approximate surface area is 107 Å². The Morgan fingerprint density at radius 1 is 1.11 bits per heavy atom. The number of nitrogens with one attached hydrogen (secondary N) is 1. The van der Waals surface area contributed by atoms with Crippen LogP contribution in [0.3, 0.4) is 0 Å². The van der Waals surface area contributed by atoms with Crippen LogP contribution in [0.15, 0.2) is 36.4 Å². The molecule has 18 heavy (non-hydrogen) atoms. The number of ether oxygens (including phenoxy) is 1. The zero-order valence-electron chi connectivity index (χ0n) is 10.3. The molecule has 2 rings (SSSR count). The van der Waals surface area contributed by atoms with Gasteiger partial charge >= 0.3 is 0 Å². The molecular formula is C13H15NO3S. The van der Waals surface area contributed by atoms with Crippen molar-refractivity contribution in [2.45, 2.75) is 6.54 Å². The summed E-state index contributed by atoms with van der Waals surface area (Å²) >= 11 is 0. The molecule has 2 aromatic carbocycles. The molecule has 5 heteroatoms. The summed E-state index contributed by atoms with van der Waals surface area (Å²) in [5.41, 5.74) is 0.929. The number of hydrogen-bond acceptors (Lipinski definition) is 3. The summed E-state index contributed by atoms with van der Waals surface area (Å²) in [4.78, 5) is 0. The normalized spacial score (nSPS) is 11.7. The monoisotopic (exact) mass is 265 g/mol. The molecule has 0 spiro atoms. The Balaban J connectivity index is 2.28. The fourth-order valence-corrected chi connectivity index (χ4v) is 2.15. The molecule has 0 amide bonds. The van der Waals surface area contributed by atoms with E-state index >= 15 is 0 Å². The lowest BCUT2D eigenvalue weighted by molar-refractivity contribution is 0.415. The summed E-state index contributed by atoms with van der Waals surface area (Å²) in [6, 6.07) is 11.6.